The van der Waals surface area contributed by atoms with Gasteiger partial charge in [0.15, 0.2) is 6.10 Å². The maximum atomic E-state index is 10.9. The monoisotopic (exact) mass is 253 g/mol. The molecule has 0 heterocycles. The van der Waals surface area contributed by atoms with Crippen LogP contribution in [0.5, 0.6) is 5.75 Å². The third kappa shape index (κ3) is 4.03. The summed E-state index contributed by atoms with van der Waals surface area (Å²) in [7, 11) is 0. The lowest BCUT2D eigenvalue weighted by atomic mass is 10.2. The highest BCUT2D eigenvalue weighted by molar-refractivity contribution is 7.80. The molecule has 1 aromatic rings. The lowest BCUT2D eigenvalue weighted by molar-refractivity contribution is -0.145. The topological polar surface area (TPSA) is 72.5 Å². The number of rotatable bonds is 6. The molecule has 0 saturated heterocycles. The molecule has 1 aromatic carbocycles. The normalized spacial score (nSPS) is 11.8. The SMILES string of the molecule is CCCC(Oc1ccc(C(N)=S)cc1)C(=O)O. The summed E-state index contributed by atoms with van der Waals surface area (Å²) in [4.78, 5) is 11.2. The molecule has 3 N–H and O–H groups in total. The van der Waals surface area contributed by atoms with Gasteiger partial charge in [0.2, 0.25) is 0 Å². The largest absolute Gasteiger partial charge is 0.479 e. The van der Waals surface area contributed by atoms with E-state index in [-0.39, 0.29) is 0 Å². The van der Waals surface area contributed by atoms with Crippen LogP contribution in [-0.4, -0.2) is 22.2 Å². The molecular formula is C12H15NO3S. The molecule has 0 aliphatic carbocycles. The summed E-state index contributed by atoms with van der Waals surface area (Å²) in [6, 6.07) is 6.76. The van der Waals surface area contributed by atoms with Gasteiger partial charge in [-0.05, 0) is 30.7 Å². The molecule has 0 fully saturated rings. The van der Waals surface area contributed by atoms with Crippen molar-refractivity contribution >= 4 is 23.2 Å². The molecule has 1 unspecified atom stereocenters. The van der Waals surface area contributed by atoms with Gasteiger partial charge in [-0.3, -0.25) is 0 Å². The van der Waals surface area contributed by atoms with E-state index in [1.165, 1.54) is 0 Å². The van der Waals surface area contributed by atoms with Crippen LogP contribution < -0.4 is 10.5 Å². The highest BCUT2D eigenvalue weighted by atomic mass is 32.1. The highest BCUT2D eigenvalue weighted by Gasteiger charge is 2.17. The first kappa shape index (κ1) is 13.4. The van der Waals surface area contributed by atoms with Gasteiger partial charge in [-0.15, -0.1) is 0 Å². The second-order valence-electron chi connectivity index (χ2n) is 3.62. The summed E-state index contributed by atoms with van der Waals surface area (Å²) in [5, 5.41) is 8.94. The number of benzene rings is 1. The number of nitrogens with two attached hydrogens (primary N) is 1. The van der Waals surface area contributed by atoms with Gasteiger partial charge < -0.3 is 15.6 Å². The molecule has 0 aromatic heterocycles. The van der Waals surface area contributed by atoms with Gasteiger partial charge in [0, 0.05) is 5.56 Å². The summed E-state index contributed by atoms with van der Waals surface area (Å²) in [5.74, 6) is -0.448. The average Bonchev–Trinajstić information content (AvgIpc) is 2.29. The van der Waals surface area contributed by atoms with E-state index in [1.807, 2.05) is 6.92 Å². The molecule has 0 amide bonds. The van der Waals surface area contributed by atoms with Crippen LogP contribution in [0.25, 0.3) is 0 Å². The van der Waals surface area contributed by atoms with Gasteiger partial charge in [-0.2, -0.15) is 0 Å². The van der Waals surface area contributed by atoms with E-state index in [9.17, 15) is 4.79 Å². The Kier molecular flexibility index (Phi) is 4.90. The minimum Gasteiger partial charge on any atom is -0.479 e. The smallest absolute Gasteiger partial charge is 0.344 e. The van der Waals surface area contributed by atoms with Crippen molar-refractivity contribution in [3.63, 3.8) is 0 Å². The first-order chi connectivity index (χ1) is 8.04. The summed E-state index contributed by atoms with van der Waals surface area (Å²) in [6.07, 6.45) is 0.421. The van der Waals surface area contributed by atoms with E-state index in [2.05, 4.69) is 0 Å². The van der Waals surface area contributed by atoms with Crippen molar-refractivity contribution < 1.29 is 14.6 Å². The molecule has 0 saturated carbocycles. The fraction of sp³-hybridized carbons (Fsp3) is 0.333. The zero-order chi connectivity index (χ0) is 12.8. The first-order valence-electron chi connectivity index (χ1n) is 5.34. The molecule has 5 heteroatoms. The predicted octanol–water partition coefficient (Wildman–Crippen LogP) is 1.95. The van der Waals surface area contributed by atoms with Crippen molar-refractivity contribution in [2.24, 2.45) is 5.73 Å². The van der Waals surface area contributed by atoms with Crippen LogP contribution in [-0.2, 0) is 4.79 Å². The van der Waals surface area contributed by atoms with Crippen LogP contribution in [0.1, 0.15) is 25.3 Å². The Bertz CT molecular complexity index is 403. The Hall–Kier alpha value is -1.62. The first-order valence-corrected chi connectivity index (χ1v) is 5.74. The highest BCUT2D eigenvalue weighted by Crippen LogP contribution is 2.15. The maximum Gasteiger partial charge on any atom is 0.344 e. The van der Waals surface area contributed by atoms with Gasteiger partial charge in [-0.1, -0.05) is 25.6 Å². The van der Waals surface area contributed by atoms with E-state index < -0.39 is 12.1 Å². The standard InChI is InChI=1S/C12H15NO3S/c1-2-3-10(12(14)15)16-9-6-4-8(5-7-9)11(13)17/h4-7,10H,2-3H2,1H3,(H2,13,17)(H,14,15). The zero-order valence-corrected chi connectivity index (χ0v) is 10.4. The van der Waals surface area contributed by atoms with E-state index >= 15 is 0 Å². The Morgan fingerprint density at radius 1 is 1.47 bits per heavy atom. The molecule has 0 spiro atoms. The molecule has 1 atom stereocenters. The third-order valence-corrected chi connectivity index (χ3v) is 2.48. The fourth-order valence-corrected chi connectivity index (χ4v) is 1.49. The number of carboxylic acid groups (broad SMARTS) is 1. The molecular weight excluding hydrogens is 238 g/mol. The number of aliphatic carboxylic acids is 1. The molecule has 0 bridgehead atoms. The third-order valence-electron chi connectivity index (χ3n) is 2.24. The van der Waals surface area contributed by atoms with E-state index in [1.54, 1.807) is 24.3 Å². The predicted molar refractivity (Wildman–Crippen MR) is 69.3 cm³/mol. The Morgan fingerprint density at radius 2 is 2.06 bits per heavy atom. The van der Waals surface area contributed by atoms with Gasteiger partial charge in [0.1, 0.15) is 10.7 Å². The van der Waals surface area contributed by atoms with Crippen molar-refractivity contribution in [1.82, 2.24) is 0 Å². The summed E-state index contributed by atoms with van der Waals surface area (Å²) in [5.41, 5.74) is 6.19. The molecule has 17 heavy (non-hydrogen) atoms. The summed E-state index contributed by atoms with van der Waals surface area (Å²) >= 11 is 4.82. The zero-order valence-electron chi connectivity index (χ0n) is 9.55. The van der Waals surface area contributed by atoms with Crippen LogP contribution in [0.4, 0.5) is 0 Å². The lowest BCUT2D eigenvalue weighted by Gasteiger charge is -2.14. The van der Waals surface area contributed by atoms with Crippen molar-refractivity contribution in [2.75, 3.05) is 0 Å². The summed E-state index contributed by atoms with van der Waals surface area (Å²) in [6.45, 7) is 1.91. The minimum atomic E-state index is -0.953. The average molecular weight is 253 g/mol. The lowest BCUT2D eigenvalue weighted by Crippen LogP contribution is -2.26. The van der Waals surface area contributed by atoms with Gasteiger partial charge >= 0.3 is 5.97 Å². The van der Waals surface area contributed by atoms with Crippen molar-refractivity contribution in [3.8, 4) is 5.75 Å². The molecule has 1 rings (SSSR count). The molecule has 0 aliphatic rings. The van der Waals surface area contributed by atoms with Crippen molar-refractivity contribution in [1.29, 1.82) is 0 Å². The van der Waals surface area contributed by atoms with E-state index in [0.717, 1.165) is 12.0 Å². The van der Waals surface area contributed by atoms with Gasteiger partial charge in [0.05, 0.1) is 0 Å². The fourth-order valence-electron chi connectivity index (χ4n) is 1.36. The second kappa shape index (κ2) is 6.20. The van der Waals surface area contributed by atoms with E-state index in [4.69, 9.17) is 27.8 Å². The number of hydrogen-bond acceptors (Lipinski definition) is 3. The van der Waals surface area contributed by atoms with Crippen LogP contribution in [0.15, 0.2) is 24.3 Å². The Labute approximate surface area is 105 Å². The number of hydrogen-bond donors (Lipinski definition) is 2. The van der Waals surface area contributed by atoms with Crippen LogP contribution >= 0.6 is 12.2 Å². The molecule has 4 nitrogen and oxygen atoms in total. The number of carbonyl (C=O) groups is 1. The Balaban J connectivity index is 2.73. The molecule has 92 valence electrons. The van der Waals surface area contributed by atoms with Gasteiger partial charge in [0.25, 0.3) is 0 Å². The minimum absolute atomic E-state index is 0.305. The van der Waals surface area contributed by atoms with Crippen LogP contribution in [0.3, 0.4) is 0 Å². The van der Waals surface area contributed by atoms with Crippen LogP contribution in [0.2, 0.25) is 0 Å². The molecule has 0 radical (unpaired) electrons. The van der Waals surface area contributed by atoms with Crippen molar-refractivity contribution in [3.05, 3.63) is 29.8 Å². The number of ether oxygens (including phenoxy) is 1. The van der Waals surface area contributed by atoms with Gasteiger partial charge in [-0.25, -0.2) is 4.79 Å². The quantitative estimate of drug-likeness (QED) is 0.758. The van der Waals surface area contributed by atoms with E-state index in [0.29, 0.717) is 17.2 Å². The maximum absolute atomic E-state index is 10.9. The Morgan fingerprint density at radius 3 is 2.47 bits per heavy atom. The number of thiocarbonyl (C=S) groups is 1. The molecule has 0 aliphatic heterocycles. The summed E-state index contributed by atoms with van der Waals surface area (Å²) < 4.78 is 5.37. The number of carboxylic acids is 1. The van der Waals surface area contributed by atoms with Crippen LogP contribution in [0, 0.1) is 0 Å². The van der Waals surface area contributed by atoms with Crippen molar-refractivity contribution in [2.45, 2.75) is 25.9 Å². The second-order valence-corrected chi connectivity index (χ2v) is 4.06.